The van der Waals surface area contributed by atoms with Gasteiger partial charge in [-0.05, 0) is 37.8 Å². The van der Waals surface area contributed by atoms with Crippen molar-refractivity contribution in [1.29, 1.82) is 0 Å². The van der Waals surface area contributed by atoms with Crippen LogP contribution in [0.25, 0.3) is 11.3 Å². The summed E-state index contributed by atoms with van der Waals surface area (Å²) in [5.41, 5.74) is 2.61. The van der Waals surface area contributed by atoms with Crippen LogP contribution in [0.1, 0.15) is 45.8 Å². The van der Waals surface area contributed by atoms with Gasteiger partial charge in [-0.1, -0.05) is 17.3 Å². The molecular weight excluding hydrogens is 396 g/mol. The Labute approximate surface area is 179 Å². The molecule has 8 heteroatoms. The number of ketones is 1. The van der Waals surface area contributed by atoms with Gasteiger partial charge < -0.3 is 14.2 Å². The number of rotatable bonds is 3. The number of piperidine rings is 1. The van der Waals surface area contributed by atoms with Gasteiger partial charge in [-0.25, -0.2) is 0 Å². The van der Waals surface area contributed by atoms with E-state index in [4.69, 9.17) is 9.26 Å². The summed E-state index contributed by atoms with van der Waals surface area (Å²) >= 11 is 0. The van der Waals surface area contributed by atoms with Crippen LogP contribution in [0, 0.1) is 12.8 Å². The van der Waals surface area contributed by atoms with Gasteiger partial charge >= 0.3 is 0 Å². The molecule has 1 aromatic carbocycles. The summed E-state index contributed by atoms with van der Waals surface area (Å²) in [5.74, 6) is 1.44. The topological polar surface area (TPSA) is 90.5 Å². The van der Waals surface area contributed by atoms with Crippen molar-refractivity contribution < 1.29 is 18.8 Å². The number of aromatic nitrogens is 3. The molecule has 2 aliphatic rings. The third-order valence-electron chi connectivity index (χ3n) is 6.21. The number of likely N-dealkylation sites (tertiary alicyclic amines) is 1. The first-order chi connectivity index (χ1) is 15.0. The van der Waals surface area contributed by atoms with E-state index < -0.39 is 0 Å². The highest BCUT2D eigenvalue weighted by Gasteiger charge is 2.35. The molecule has 1 atom stereocenters. The number of aryl methyl sites for hydroxylation is 2. The largest absolute Gasteiger partial charge is 0.489 e. The van der Waals surface area contributed by atoms with Crippen molar-refractivity contribution in [1.82, 2.24) is 19.8 Å². The van der Waals surface area contributed by atoms with Gasteiger partial charge in [0.05, 0.1) is 16.8 Å². The molecule has 4 heterocycles. The smallest absolute Gasteiger partial charge is 0.276 e. The van der Waals surface area contributed by atoms with E-state index in [1.54, 1.807) is 15.6 Å². The van der Waals surface area contributed by atoms with Crippen LogP contribution in [0.2, 0.25) is 0 Å². The molecule has 0 unspecified atom stereocenters. The zero-order chi connectivity index (χ0) is 21.5. The summed E-state index contributed by atoms with van der Waals surface area (Å²) < 4.78 is 13.2. The standard InChI is InChI=1S/C23H24N4O4/c1-14-17(13-26(2)24-14)22-11-18(25-31-22)23(29)27-9-7-15(8-10-27)21-12-19(28)16-5-3-4-6-20(16)30-21/h3-6,11,13,15,21H,7-10,12H2,1-2H3/t21-/m1/s1. The van der Waals surface area contributed by atoms with E-state index in [0.29, 0.717) is 42.3 Å². The number of Topliss-reactive ketones (excluding diaryl/α,β-unsaturated/α-hetero) is 1. The molecule has 1 saturated heterocycles. The molecule has 0 aliphatic carbocycles. The Hall–Kier alpha value is -3.42. The highest BCUT2D eigenvalue weighted by molar-refractivity contribution is 5.99. The van der Waals surface area contributed by atoms with Crippen LogP contribution < -0.4 is 4.74 Å². The van der Waals surface area contributed by atoms with Crippen molar-refractivity contribution in [2.24, 2.45) is 13.0 Å². The molecule has 8 nitrogen and oxygen atoms in total. The second-order valence-electron chi connectivity index (χ2n) is 8.29. The van der Waals surface area contributed by atoms with Gasteiger partial charge in [0.25, 0.3) is 5.91 Å². The lowest BCUT2D eigenvalue weighted by Gasteiger charge is -2.37. The molecular formula is C23H24N4O4. The van der Waals surface area contributed by atoms with Gasteiger partial charge in [0, 0.05) is 38.8 Å². The molecule has 0 radical (unpaired) electrons. The summed E-state index contributed by atoms with van der Waals surface area (Å²) in [6, 6.07) is 9.08. The summed E-state index contributed by atoms with van der Waals surface area (Å²) in [6.07, 6.45) is 3.69. The number of hydrogen-bond acceptors (Lipinski definition) is 6. The molecule has 5 rings (SSSR count). The maximum absolute atomic E-state index is 12.9. The lowest BCUT2D eigenvalue weighted by molar-refractivity contribution is 0.0447. The van der Waals surface area contributed by atoms with E-state index in [1.807, 2.05) is 44.4 Å². The number of para-hydroxylation sites is 1. The van der Waals surface area contributed by atoms with Crippen LogP contribution in [0.3, 0.4) is 0 Å². The first kappa shape index (κ1) is 19.5. The molecule has 0 spiro atoms. The normalized spacial score (nSPS) is 19.2. The first-order valence-corrected chi connectivity index (χ1v) is 10.5. The molecule has 0 bridgehead atoms. The molecule has 1 fully saturated rings. The van der Waals surface area contributed by atoms with Crippen molar-refractivity contribution in [2.45, 2.75) is 32.3 Å². The number of ether oxygens (including phenoxy) is 1. The third kappa shape index (κ3) is 3.62. The van der Waals surface area contributed by atoms with Crippen molar-refractivity contribution in [3.05, 3.63) is 53.5 Å². The van der Waals surface area contributed by atoms with Crippen LogP contribution in [-0.4, -0.2) is 50.7 Å². The Balaban J connectivity index is 1.23. The Morgan fingerprint density at radius 2 is 1.94 bits per heavy atom. The number of amides is 1. The quantitative estimate of drug-likeness (QED) is 0.646. The average Bonchev–Trinajstić information content (AvgIpc) is 3.39. The number of carbonyl (C=O) groups excluding carboxylic acids is 2. The maximum Gasteiger partial charge on any atom is 0.276 e. The Morgan fingerprint density at radius 3 is 2.68 bits per heavy atom. The highest BCUT2D eigenvalue weighted by Crippen LogP contribution is 2.34. The van der Waals surface area contributed by atoms with Crippen LogP contribution in [-0.2, 0) is 7.05 Å². The van der Waals surface area contributed by atoms with Gasteiger partial charge in [0.15, 0.2) is 17.2 Å². The van der Waals surface area contributed by atoms with Crippen molar-refractivity contribution in [2.75, 3.05) is 13.1 Å². The fraction of sp³-hybridized carbons (Fsp3) is 0.391. The van der Waals surface area contributed by atoms with Gasteiger partial charge in [0.1, 0.15) is 11.9 Å². The minimum Gasteiger partial charge on any atom is -0.489 e. The van der Waals surface area contributed by atoms with Crippen molar-refractivity contribution in [3.63, 3.8) is 0 Å². The molecule has 160 valence electrons. The Bertz CT molecular complexity index is 1140. The Kier molecular flexibility index (Phi) is 4.84. The van der Waals surface area contributed by atoms with Crippen LogP contribution in [0.5, 0.6) is 5.75 Å². The van der Waals surface area contributed by atoms with E-state index in [2.05, 4.69) is 10.3 Å². The predicted octanol–water partition coefficient (Wildman–Crippen LogP) is 3.27. The van der Waals surface area contributed by atoms with Gasteiger partial charge in [0.2, 0.25) is 0 Å². The fourth-order valence-electron chi connectivity index (χ4n) is 4.54. The maximum atomic E-state index is 12.9. The van der Waals surface area contributed by atoms with Crippen LogP contribution in [0.15, 0.2) is 41.1 Å². The number of carbonyl (C=O) groups is 2. The number of nitrogens with zero attached hydrogens (tertiary/aromatic N) is 4. The molecule has 31 heavy (non-hydrogen) atoms. The SMILES string of the molecule is Cc1nn(C)cc1-c1cc(C(=O)N2CCC([C@H]3CC(=O)c4ccccc4O3)CC2)no1. The van der Waals surface area contributed by atoms with Gasteiger partial charge in [-0.2, -0.15) is 5.10 Å². The van der Waals surface area contributed by atoms with Gasteiger partial charge in [-0.3, -0.25) is 14.3 Å². The van der Waals surface area contributed by atoms with E-state index in [1.165, 1.54) is 0 Å². The Morgan fingerprint density at radius 1 is 1.16 bits per heavy atom. The zero-order valence-corrected chi connectivity index (χ0v) is 17.6. The predicted molar refractivity (Wildman–Crippen MR) is 112 cm³/mol. The number of benzene rings is 1. The van der Waals surface area contributed by atoms with E-state index in [9.17, 15) is 9.59 Å². The minimum absolute atomic E-state index is 0.131. The molecule has 1 amide bonds. The minimum atomic E-state index is -0.138. The lowest BCUT2D eigenvalue weighted by Crippen LogP contribution is -2.44. The van der Waals surface area contributed by atoms with Crippen LogP contribution >= 0.6 is 0 Å². The number of fused-ring (bicyclic) bond motifs is 1. The fourth-order valence-corrected chi connectivity index (χ4v) is 4.54. The van der Waals surface area contributed by atoms with Crippen LogP contribution in [0.4, 0.5) is 0 Å². The molecule has 2 aromatic heterocycles. The molecule has 0 saturated carbocycles. The second kappa shape index (κ2) is 7.68. The van der Waals surface area contributed by atoms with Crippen molar-refractivity contribution in [3.8, 4) is 17.1 Å². The third-order valence-corrected chi connectivity index (χ3v) is 6.21. The summed E-state index contributed by atoms with van der Waals surface area (Å²) in [6.45, 7) is 3.10. The van der Waals surface area contributed by atoms with Crippen molar-refractivity contribution >= 4 is 11.7 Å². The monoisotopic (exact) mass is 420 g/mol. The first-order valence-electron chi connectivity index (χ1n) is 10.5. The zero-order valence-electron chi connectivity index (χ0n) is 17.6. The molecule has 2 aliphatic heterocycles. The molecule has 3 aromatic rings. The van der Waals surface area contributed by atoms with Gasteiger partial charge in [-0.15, -0.1) is 0 Å². The number of hydrogen-bond donors (Lipinski definition) is 0. The summed E-state index contributed by atoms with van der Waals surface area (Å²) in [4.78, 5) is 27.2. The summed E-state index contributed by atoms with van der Waals surface area (Å²) in [7, 11) is 1.84. The summed E-state index contributed by atoms with van der Waals surface area (Å²) in [5, 5.41) is 8.29. The van der Waals surface area contributed by atoms with E-state index in [0.717, 1.165) is 24.1 Å². The lowest BCUT2D eigenvalue weighted by atomic mass is 9.86. The average molecular weight is 420 g/mol. The van der Waals surface area contributed by atoms with E-state index in [-0.39, 0.29) is 23.7 Å². The highest BCUT2D eigenvalue weighted by atomic mass is 16.5. The van der Waals surface area contributed by atoms with E-state index >= 15 is 0 Å². The molecule has 0 N–H and O–H groups in total. The second-order valence-corrected chi connectivity index (χ2v) is 8.29.